The first kappa shape index (κ1) is 11.9. The van der Waals surface area contributed by atoms with Crippen molar-refractivity contribution in [2.24, 2.45) is 0 Å². The van der Waals surface area contributed by atoms with E-state index in [2.05, 4.69) is 0 Å². The summed E-state index contributed by atoms with van der Waals surface area (Å²) in [5.41, 5.74) is 0. The van der Waals surface area contributed by atoms with Crippen LogP contribution in [0.15, 0.2) is 0 Å². The largest absolute Gasteiger partial charge is 0.392 e. The van der Waals surface area contributed by atoms with Crippen molar-refractivity contribution in [3.05, 3.63) is 0 Å². The molecule has 0 bridgehead atoms. The molecule has 0 aromatic heterocycles. The van der Waals surface area contributed by atoms with Gasteiger partial charge in [-0.25, -0.2) is 8.42 Å². The molecule has 74 valence electrons. The van der Waals surface area contributed by atoms with E-state index in [1.807, 2.05) is 6.92 Å². The second-order valence-electron chi connectivity index (χ2n) is 3.13. The zero-order valence-electron chi connectivity index (χ0n) is 7.95. The smallest absolute Gasteiger partial charge is 0.152 e. The van der Waals surface area contributed by atoms with E-state index in [4.69, 9.17) is 0 Å². The molecule has 0 spiro atoms. The highest BCUT2D eigenvalue weighted by Crippen LogP contribution is 2.13. The molecular weight excluding hydrogens is 176 g/mol. The maximum Gasteiger partial charge on any atom is 0.152 e. The molecule has 0 rings (SSSR count). The predicted octanol–water partition coefficient (Wildman–Crippen LogP) is 0.971. The molecule has 0 heterocycles. The van der Waals surface area contributed by atoms with Crippen molar-refractivity contribution in [1.29, 1.82) is 0 Å². The normalized spacial score (nSPS) is 17.3. The Balaban J connectivity index is 4.35. The van der Waals surface area contributed by atoms with Crippen molar-refractivity contribution < 1.29 is 13.5 Å². The van der Waals surface area contributed by atoms with Gasteiger partial charge in [-0.1, -0.05) is 20.3 Å². The molecule has 0 saturated carbocycles. The number of rotatable bonds is 5. The van der Waals surface area contributed by atoms with Gasteiger partial charge >= 0.3 is 0 Å². The molecular formula is C8H18O3S. The Morgan fingerprint density at radius 3 is 2.08 bits per heavy atom. The van der Waals surface area contributed by atoms with Crippen molar-refractivity contribution in [3.63, 3.8) is 0 Å². The minimum absolute atomic E-state index is 0.486. The van der Waals surface area contributed by atoms with Crippen molar-refractivity contribution in [1.82, 2.24) is 0 Å². The first-order valence-corrected chi connectivity index (χ1v) is 6.25. The third-order valence-corrected chi connectivity index (χ3v) is 3.71. The summed E-state index contributed by atoms with van der Waals surface area (Å²) in [5.74, 6) is 0. The maximum absolute atomic E-state index is 11.1. The van der Waals surface area contributed by atoms with Crippen LogP contribution in [-0.4, -0.2) is 31.1 Å². The second-order valence-corrected chi connectivity index (χ2v) is 5.40. The SMILES string of the molecule is CCCC(O)C(CC)S(C)(=O)=O. The molecule has 12 heavy (non-hydrogen) atoms. The zero-order chi connectivity index (χ0) is 9.78. The number of sulfone groups is 1. The van der Waals surface area contributed by atoms with Crippen LogP contribution >= 0.6 is 0 Å². The van der Waals surface area contributed by atoms with Gasteiger partial charge in [0.25, 0.3) is 0 Å². The summed E-state index contributed by atoms with van der Waals surface area (Å²) in [4.78, 5) is 0. The van der Waals surface area contributed by atoms with Crippen LogP contribution in [0.1, 0.15) is 33.1 Å². The Morgan fingerprint density at radius 2 is 1.83 bits per heavy atom. The zero-order valence-corrected chi connectivity index (χ0v) is 8.76. The van der Waals surface area contributed by atoms with E-state index in [1.165, 1.54) is 6.26 Å². The lowest BCUT2D eigenvalue weighted by Gasteiger charge is -2.18. The fraction of sp³-hybridized carbons (Fsp3) is 1.00. The first-order valence-electron chi connectivity index (χ1n) is 4.30. The average molecular weight is 194 g/mol. The Morgan fingerprint density at radius 1 is 1.33 bits per heavy atom. The standard InChI is InChI=1S/C8H18O3S/c1-4-6-7(9)8(5-2)12(3,10)11/h7-9H,4-6H2,1-3H3. The van der Waals surface area contributed by atoms with Gasteiger partial charge in [0.15, 0.2) is 9.84 Å². The van der Waals surface area contributed by atoms with Gasteiger partial charge in [-0.15, -0.1) is 0 Å². The third-order valence-electron chi connectivity index (χ3n) is 1.97. The van der Waals surface area contributed by atoms with E-state index >= 15 is 0 Å². The fourth-order valence-electron chi connectivity index (χ4n) is 1.34. The highest BCUT2D eigenvalue weighted by molar-refractivity contribution is 7.91. The summed E-state index contributed by atoms with van der Waals surface area (Å²) in [7, 11) is -3.09. The van der Waals surface area contributed by atoms with E-state index < -0.39 is 21.2 Å². The van der Waals surface area contributed by atoms with Gasteiger partial charge in [0, 0.05) is 6.26 Å². The Labute approximate surface area is 74.7 Å². The van der Waals surface area contributed by atoms with Gasteiger partial charge in [0.05, 0.1) is 11.4 Å². The summed E-state index contributed by atoms with van der Waals surface area (Å²) >= 11 is 0. The first-order chi connectivity index (χ1) is 5.43. The predicted molar refractivity (Wildman–Crippen MR) is 49.8 cm³/mol. The lowest BCUT2D eigenvalue weighted by Crippen LogP contribution is -2.32. The lowest BCUT2D eigenvalue weighted by atomic mass is 10.1. The van der Waals surface area contributed by atoms with E-state index in [-0.39, 0.29) is 0 Å². The highest BCUT2D eigenvalue weighted by atomic mass is 32.2. The minimum Gasteiger partial charge on any atom is -0.392 e. The van der Waals surface area contributed by atoms with Crippen molar-refractivity contribution >= 4 is 9.84 Å². The molecule has 1 N–H and O–H groups in total. The quantitative estimate of drug-likeness (QED) is 0.709. The summed E-state index contributed by atoms with van der Waals surface area (Å²) < 4.78 is 22.2. The molecule has 2 unspecified atom stereocenters. The van der Waals surface area contributed by atoms with Crippen molar-refractivity contribution in [3.8, 4) is 0 Å². The molecule has 0 aliphatic carbocycles. The molecule has 0 amide bonds. The van der Waals surface area contributed by atoms with E-state index in [9.17, 15) is 13.5 Å². The Kier molecular flexibility index (Phi) is 4.78. The van der Waals surface area contributed by atoms with Crippen LogP contribution in [0.2, 0.25) is 0 Å². The summed E-state index contributed by atoms with van der Waals surface area (Å²) in [6.07, 6.45) is 2.34. The average Bonchev–Trinajstić information content (AvgIpc) is 1.85. The van der Waals surface area contributed by atoms with Gasteiger partial charge in [0.2, 0.25) is 0 Å². The van der Waals surface area contributed by atoms with Crippen LogP contribution in [0.4, 0.5) is 0 Å². The second kappa shape index (κ2) is 4.82. The van der Waals surface area contributed by atoms with Gasteiger partial charge < -0.3 is 5.11 Å². The van der Waals surface area contributed by atoms with Gasteiger partial charge in [-0.2, -0.15) is 0 Å². The molecule has 0 aromatic carbocycles. The van der Waals surface area contributed by atoms with Crippen molar-refractivity contribution in [2.75, 3.05) is 6.26 Å². The van der Waals surface area contributed by atoms with Crippen LogP contribution in [0.25, 0.3) is 0 Å². The molecule has 3 nitrogen and oxygen atoms in total. The molecule has 0 aromatic rings. The number of aliphatic hydroxyl groups is 1. The van der Waals surface area contributed by atoms with E-state index in [0.717, 1.165) is 6.42 Å². The van der Waals surface area contributed by atoms with Gasteiger partial charge in [0.1, 0.15) is 0 Å². The number of hydrogen-bond acceptors (Lipinski definition) is 3. The minimum atomic E-state index is -3.09. The molecule has 0 aliphatic heterocycles. The van der Waals surface area contributed by atoms with E-state index in [1.54, 1.807) is 6.92 Å². The van der Waals surface area contributed by atoms with Crippen LogP contribution in [0, 0.1) is 0 Å². The summed E-state index contributed by atoms with van der Waals surface area (Å²) in [6.45, 7) is 3.71. The summed E-state index contributed by atoms with van der Waals surface area (Å²) in [6, 6.07) is 0. The number of hydrogen-bond donors (Lipinski definition) is 1. The van der Waals surface area contributed by atoms with E-state index in [0.29, 0.717) is 12.8 Å². The van der Waals surface area contributed by atoms with Gasteiger partial charge in [-0.3, -0.25) is 0 Å². The topological polar surface area (TPSA) is 54.4 Å². The van der Waals surface area contributed by atoms with Crippen molar-refractivity contribution in [2.45, 2.75) is 44.5 Å². The molecule has 0 saturated heterocycles. The fourth-order valence-corrected chi connectivity index (χ4v) is 2.65. The third kappa shape index (κ3) is 3.54. The Bertz CT molecular complexity index is 208. The van der Waals surface area contributed by atoms with Crippen LogP contribution in [0.3, 0.4) is 0 Å². The summed E-state index contributed by atoms with van der Waals surface area (Å²) in [5, 5.41) is 8.88. The Hall–Kier alpha value is -0.0900. The lowest BCUT2D eigenvalue weighted by molar-refractivity contribution is 0.155. The van der Waals surface area contributed by atoms with Gasteiger partial charge in [-0.05, 0) is 12.8 Å². The molecule has 0 aliphatic rings. The monoisotopic (exact) mass is 194 g/mol. The maximum atomic E-state index is 11.1. The van der Waals surface area contributed by atoms with Crippen LogP contribution in [0.5, 0.6) is 0 Å². The number of aliphatic hydroxyl groups excluding tert-OH is 1. The molecule has 2 atom stereocenters. The molecule has 0 fully saturated rings. The molecule has 4 heteroatoms. The van der Waals surface area contributed by atoms with Crippen LogP contribution < -0.4 is 0 Å². The highest BCUT2D eigenvalue weighted by Gasteiger charge is 2.25. The molecule has 0 radical (unpaired) electrons. The van der Waals surface area contributed by atoms with Crippen LogP contribution in [-0.2, 0) is 9.84 Å².